The number of rotatable bonds is 4. The fourth-order valence-corrected chi connectivity index (χ4v) is 4.26. The molecule has 4 nitrogen and oxygen atoms in total. The zero-order chi connectivity index (χ0) is 18.3. The number of hydrogen-bond donors (Lipinski definition) is 0. The summed E-state index contributed by atoms with van der Waals surface area (Å²) in [5.41, 5.74) is 0.189. The maximum Gasteiger partial charge on any atom is 0.251 e. The first-order valence-electron chi connectivity index (χ1n) is 9.61. The van der Waals surface area contributed by atoms with Crippen molar-refractivity contribution in [1.82, 2.24) is 9.80 Å². The third-order valence-electron chi connectivity index (χ3n) is 6.00. The topological polar surface area (TPSA) is 32.8 Å². The predicted octanol–water partition coefficient (Wildman–Crippen LogP) is 2.75. The number of piperidine rings is 1. The first-order chi connectivity index (χ1) is 12.5. The second-order valence-electron chi connectivity index (χ2n) is 7.94. The Hall–Kier alpha value is -1.53. The van der Waals surface area contributed by atoms with E-state index in [1.54, 1.807) is 12.1 Å². The van der Waals surface area contributed by atoms with Gasteiger partial charge in [-0.3, -0.25) is 4.79 Å². The van der Waals surface area contributed by atoms with Gasteiger partial charge in [-0.05, 0) is 50.7 Å². The molecule has 3 fully saturated rings. The Kier molecular flexibility index (Phi) is 4.73. The number of carbonyl (C=O) groups excluding carboxylic acids is 1. The summed E-state index contributed by atoms with van der Waals surface area (Å²) in [6, 6.07) is 4.77. The molecule has 26 heavy (non-hydrogen) atoms. The van der Waals surface area contributed by atoms with Crippen molar-refractivity contribution in [2.75, 3.05) is 26.2 Å². The minimum absolute atomic E-state index is 0.127. The molecule has 0 N–H and O–H groups in total. The number of carbonyl (C=O) groups is 1. The van der Waals surface area contributed by atoms with Crippen LogP contribution in [-0.2, 0) is 16.0 Å². The van der Waals surface area contributed by atoms with E-state index in [9.17, 15) is 13.6 Å². The fourth-order valence-electron chi connectivity index (χ4n) is 4.26. The predicted molar refractivity (Wildman–Crippen MR) is 93.7 cm³/mol. The van der Waals surface area contributed by atoms with Gasteiger partial charge < -0.3 is 14.5 Å². The molecule has 1 aromatic rings. The first kappa shape index (κ1) is 17.9. The van der Waals surface area contributed by atoms with Gasteiger partial charge in [0.25, 0.3) is 5.91 Å². The number of morpholine rings is 1. The Balaban J connectivity index is 1.33. The molecular weight excluding hydrogens is 338 g/mol. The quantitative estimate of drug-likeness (QED) is 0.824. The highest BCUT2D eigenvalue weighted by molar-refractivity contribution is 5.82. The Labute approximate surface area is 153 Å². The van der Waals surface area contributed by atoms with Crippen LogP contribution < -0.4 is 0 Å². The van der Waals surface area contributed by atoms with Gasteiger partial charge in [0.2, 0.25) is 0 Å². The molecule has 1 unspecified atom stereocenters. The van der Waals surface area contributed by atoms with Crippen LogP contribution in [0.5, 0.6) is 0 Å². The van der Waals surface area contributed by atoms with E-state index in [1.165, 1.54) is 0 Å². The van der Waals surface area contributed by atoms with Crippen LogP contribution in [0.25, 0.3) is 0 Å². The van der Waals surface area contributed by atoms with Crippen LogP contribution in [0.2, 0.25) is 0 Å². The normalized spacial score (nSPS) is 26.5. The minimum Gasteiger partial charge on any atom is -0.360 e. The monoisotopic (exact) mass is 364 g/mol. The van der Waals surface area contributed by atoms with Crippen LogP contribution in [0.4, 0.5) is 8.78 Å². The Morgan fingerprint density at radius 3 is 2.65 bits per heavy atom. The second kappa shape index (κ2) is 6.89. The Bertz CT molecular complexity index is 684. The zero-order valence-corrected chi connectivity index (χ0v) is 15.2. The molecular formula is C20H26F2N2O2. The summed E-state index contributed by atoms with van der Waals surface area (Å²) in [6.07, 6.45) is 4.11. The van der Waals surface area contributed by atoms with Crippen LogP contribution in [0.3, 0.4) is 0 Å². The van der Waals surface area contributed by atoms with Gasteiger partial charge in [-0.2, -0.15) is 0 Å². The summed E-state index contributed by atoms with van der Waals surface area (Å²) >= 11 is 0. The van der Waals surface area contributed by atoms with Gasteiger partial charge in [0.05, 0.1) is 12.1 Å². The number of likely N-dealkylation sites (tertiary alicyclic amines) is 1. The molecule has 1 aromatic carbocycles. The van der Waals surface area contributed by atoms with Crippen molar-refractivity contribution in [3.05, 3.63) is 35.4 Å². The van der Waals surface area contributed by atoms with Crippen LogP contribution in [0.1, 0.15) is 38.2 Å². The summed E-state index contributed by atoms with van der Waals surface area (Å²) < 4.78 is 33.3. The highest BCUT2D eigenvalue weighted by Crippen LogP contribution is 2.38. The molecule has 2 aliphatic heterocycles. The van der Waals surface area contributed by atoms with Crippen molar-refractivity contribution in [3.8, 4) is 0 Å². The lowest BCUT2D eigenvalue weighted by Gasteiger charge is -2.49. The Morgan fingerprint density at radius 2 is 1.96 bits per heavy atom. The Morgan fingerprint density at radius 1 is 1.23 bits per heavy atom. The number of ether oxygens (including phenoxy) is 1. The van der Waals surface area contributed by atoms with Crippen molar-refractivity contribution < 1.29 is 18.3 Å². The molecule has 3 aliphatic rings. The molecule has 4 rings (SSSR count). The minimum atomic E-state index is -0.783. The van der Waals surface area contributed by atoms with Crippen molar-refractivity contribution in [1.29, 1.82) is 0 Å². The van der Waals surface area contributed by atoms with E-state index in [-0.39, 0.29) is 17.6 Å². The molecule has 142 valence electrons. The zero-order valence-electron chi connectivity index (χ0n) is 15.2. The van der Waals surface area contributed by atoms with Gasteiger partial charge in [0.15, 0.2) is 11.6 Å². The molecule has 1 spiro atoms. The van der Waals surface area contributed by atoms with Crippen LogP contribution in [0.15, 0.2) is 18.2 Å². The number of benzene rings is 1. The molecule has 2 saturated heterocycles. The van der Waals surface area contributed by atoms with Gasteiger partial charge in [-0.15, -0.1) is 0 Å². The van der Waals surface area contributed by atoms with E-state index in [0.29, 0.717) is 31.1 Å². The summed E-state index contributed by atoms with van der Waals surface area (Å²) in [7, 11) is 0. The lowest BCUT2D eigenvalue weighted by molar-refractivity contribution is -0.190. The van der Waals surface area contributed by atoms with E-state index in [2.05, 4.69) is 4.90 Å². The highest BCUT2D eigenvalue weighted by atomic mass is 19.2. The van der Waals surface area contributed by atoms with Crippen molar-refractivity contribution in [3.63, 3.8) is 0 Å². The summed E-state index contributed by atoms with van der Waals surface area (Å²) in [5.74, 6) is -1.39. The van der Waals surface area contributed by atoms with Gasteiger partial charge >= 0.3 is 0 Å². The van der Waals surface area contributed by atoms with Crippen molar-refractivity contribution >= 4 is 5.91 Å². The van der Waals surface area contributed by atoms with Gasteiger partial charge in [0.1, 0.15) is 6.10 Å². The number of halogens is 2. The largest absolute Gasteiger partial charge is 0.360 e. The standard InChI is InChI=1S/C20H26F2N2O2/c1-14-19(25)24(16-5-6-16)13-20(26-14)8-11-23(12-9-20)10-7-15-3-2-4-17(21)18(15)22/h2-4,14,16H,5-13H2,1H3. The van der Waals surface area contributed by atoms with E-state index in [0.717, 1.165) is 44.8 Å². The highest BCUT2D eigenvalue weighted by Gasteiger charge is 2.48. The SMILES string of the molecule is CC1OC2(CCN(CCc3cccc(F)c3F)CC2)CN(C2CC2)C1=O. The van der Waals surface area contributed by atoms with Crippen LogP contribution in [-0.4, -0.2) is 59.6 Å². The van der Waals surface area contributed by atoms with Gasteiger partial charge in [-0.25, -0.2) is 8.78 Å². The van der Waals surface area contributed by atoms with E-state index in [1.807, 2.05) is 11.8 Å². The molecule has 6 heteroatoms. The number of nitrogens with zero attached hydrogens (tertiary/aromatic N) is 2. The van der Waals surface area contributed by atoms with E-state index < -0.39 is 11.6 Å². The van der Waals surface area contributed by atoms with Crippen molar-refractivity contribution in [2.45, 2.75) is 56.8 Å². The average molecular weight is 364 g/mol. The molecule has 0 aromatic heterocycles. The van der Waals surface area contributed by atoms with E-state index in [4.69, 9.17) is 4.74 Å². The summed E-state index contributed by atoms with van der Waals surface area (Å²) in [5, 5.41) is 0. The first-order valence-corrected chi connectivity index (χ1v) is 9.61. The lowest BCUT2D eigenvalue weighted by Crippen LogP contribution is -2.61. The molecule has 1 amide bonds. The average Bonchev–Trinajstić information content (AvgIpc) is 3.46. The second-order valence-corrected chi connectivity index (χ2v) is 7.94. The van der Waals surface area contributed by atoms with Crippen LogP contribution in [0, 0.1) is 11.6 Å². The third-order valence-corrected chi connectivity index (χ3v) is 6.00. The molecule has 2 heterocycles. The maximum absolute atomic E-state index is 13.8. The molecule has 1 aliphatic carbocycles. The van der Waals surface area contributed by atoms with Gasteiger partial charge in [0, 0.05) is 25.7 Å². The molecule has 0 radical (unpaired) electrons. The fraction of sp³-hybridized carbons (Fsp3) is 0.650. The van der Waals surface area contributed by atoms with Gasteiger partial charge in [-0.1, -0.05) is 12.1 Å². The maximum atomic E-state index is 13.8. The molecule has 0 bridgehead atoms. The molecule has 1 atom stereocenters. The van der Waals surface area contributed by atoms with Crippen LogP contribution >= 0.6 is 0 Å². The lowest BCUT2D eigenvalue weighted by atomic mass is 9.88. The molecule has 1 saturated carbocycles. The number of hydrogen-bond acceptors (Lipinski definition) is 3. The summed E-state index contributed by atoms with van der Waals surface area (Å²) in [6.45, 7) is 4.98. The number of amides is 1. The third kappa shape index (κ3) is 3.49. The van der Waals surface area contributed by atoms with Crippen molar-refractivity contribution in [2.24, 2.45) is 0 Å². The summed E-state index contributed by atoms with van der Waals surface area (Å²) in [4.78, 5) is 16.7. The smallest absolute Gasteiger partial charge is 0.251 e. The van der Waals surface area contributed by atoms with E-state index >= 15 is 0 Å².